The van der Waals surface area contributed by atoms with Crippen molar-refractivity contribution in [2.45, 2.75) is 91.6 Å². The van der Waals surface area contributed by atoms with E-state index in [0.29, 0.717) is 13.1 Å². The minimum absolute atomic E-state index is 0.0586. The molecular weight excluding hydrogens is 815 g/mol. The van der Waals surface area contributed by atoms with Crippen molar-refractivity contribution in [1.29, 1.82) is 0 Å². The number of esters is 1. The number of anilines is 1. The number of rotatable bonds is 4. The SMILES string of the molecule is CO[C@H]1/C=C/O[C@@]2(C)Oc3c(C)c(O)c4c(O)c(c(/C=N\N5CCN6CCN(C)CC6C5)c(O)c4c3C2=O)NC(=O)/C(C)=C\C=C\[C@@H](C)[C@H](O)[C@@H](C)[C@H](O)[C@@H](C)[C@H](OC(C)=O)[C@@H]1C. The Hall–Kier alpha value is -5.20. The second-order valence-corrected chi connectivity index (χ2v) is 17.7. The van der Waals surface area contributed by atoms with Crippen molar-refractivity contribution in [3.05, 3.63) is 52.8 Å². The number of piperazine rings is 2. The van der Waals surface area contributed by atoms with Crippen LogP contribution in [0, 0.1) is 30.6 Å². The van der Waals surface area contributed by atoms with Crippen molar-refractivity contribution >= 4 is 40.3 Å². The normalized spacial score (nSPS) is 33.4. The Labute approximate surface area is 368 Å². The third-order valence-electron chi connectivity index (χ3n) is 13.3. The number of nitrogens with one attached hydrogen (secondary N) is 1. The van der Waals surface area contributed by atoms with E-state index in [9.17, 15) is 39.9 Å². The maximum Gasteiger partial charge on any atom is 0.312 e. The van der Waals surface area contributed by atoms with Gasteiger partial charge >= 0.3 is 11.8 Å². The molecule has 10 atom stereocenters. The second kappa shape index (κ2) is 18.9. The van der Waals surface area contributed by atoms with Crippen molar-refractivity contribution in [2.24, 2.45) is 28.8 Å². The average molecular weight is 878 g/mol. The molecule has 5 heterocycles. The zero-order valence-corrected chi connectivity index (χ0v) is 37.8. The number of aliphatic hydroxyl groups is 2. The number of ketones is 1. The number of nitrogens with zero attached hydrogens (tertiary/aromatic N) is 4. The smallest absolute Gasteiger partial charge is 0.312 e. The van der Waals surface area contributed by atoms with Gasteiger partial charge in [-0.1, -0.05) is 45.9 Å². The van der Waals surface area contributed by atoms with Crippen molar-refractivity contribution in [3.8, 4) is 23.0 Å². The molecule has 0 saturated carbocycles. The molecule has 344 valence electrons. The number of aromatic hydroxyl groups is 3. The van der Waals surface area contributed by atoms with Crippen LogP contribution in [0.15, 0.2) is 41.2 Å². The van der Waals surface area contributed by atoms with Gasteiger partial charge in [-0.3, -0.25) is 24.3 Å². The number of likely N-dealkylation sites (N-methyl/N-ethyl adjacent to an activating group) is 1. The number of carbonyl (C=O) groups excluding carboxylic acids is 3. The number of Topliss-reactive ketones (excluding diaryl/α,β-unsaturated/α-hetero) is 1. The van der Waals surface area contributed by atoms with Crippen molar-refractivity contribution in [2.75, 3.05) is 58.7 Å². The van der Waals surface area contributed by atoms with Gasteiger partial charge in [-0.2, -0.15) is 5.10 Å². The fraction of sp³-hybridized carbons (Fsp3) is 0.565. The molecule has 0 aromatic heterocycles. The average Bonchev–Trinajstić information content (AvgIpc) is 3.51. The van der Waals surface area contributed by atoms with Gasteiger partial charge in [0.05, 0.1) is 59.5 Å². The molecule has 2 aromatic rings. The number of hydrogen-bond acceptors (Lipinski definition) is 16. The van der Waals surface area contributed by atoms with Gasteiger partial charge in [-0.15, -0.1) is 0 Å². The topological polar surface area (TPSA) is 223 Å². The highest BCUT2D eigenvalue weighted by Crippen LogP contribution is 2.55. The molecule has 6 N–H and O–H groups in total. The minimum Gasteiger partial charge on any atom is -0.507 e. The molecule has 5 aliphatic heterocycles. The van der Waals surface area contributed by atoms with Crippen LogP contribution in [0.4, 0.5) is 5.69 Å². The highest BCUT2D eigenvalue weighted by atomic mass is 16.7. The molecule has 0 aliphatic carbocycles. The predicted molar refractivity (Wildman–Crippen MR) is 236 cm³/mol. The van der Waals surface area contributed by atoms with Gasteiger partial charge in [-0.25, -0.2) is 0 Å². The molecule has 1 amide bonds. The van der Waals surface area contributed by atoms with E-state index in [1.165, 1.54) is 59.4 Å². The van der Waals surface area contributed by atoms with E-state index in [0.717, 1.165) is 26.2 Å². The van der Waals surface area contributed by atoms with Gasteiger partial charge in [0.15, 0.2) is 5.75 Å². The second-order valence-electron chi connectivity index (χ2n) is 17.7. The zero-order chi connectivity index (χ0) is 46.2. The zero-order valence-electron chi connectivity index (χ0n) is 37.8. The number of phenolic OH excluding ortho intramolecular Hbond substituents is 3. The molecule has 63 heavy (non-hydrogen) atoms. The predicted octanol–water partition coefficient (Wildman–Crippen LogP) is 4.02. The quantitative estimate of drug-likeness (QED) is 0.111. The monoisotopic (exact) mass is 877 g/mol. The molecule has 5 aliphatic rings. The number of fused-ring (bicyclic) bond motifs is 15. The molecule has 0 spiro atoms. The minimum atomic E-state index is -2.05. The van der Waals surface area contributed by atoms with Crippen molar-refractivity contribution in [3.63, 3.8) is 0 Å². The molecule has 7 rings (SSSR count). The Morgan fingerprint density at radius 1 is 0.937 bits per heavy atom. The third kappa shape index (κ3) is 9.25. The number of aliphatic hydroxyl groups excluding tert-OH is 2. The van der Waals surface area contributed by atoms with Crippen molar-refractivity contribution in [1.82, 2.24) is 14.8 Å². The molecule has 2 fully saturated rings. The number of ether oxygens (including phenoxy) is 4. The van der Waals surface area contributed by atoms with Gasteiger partial charge < -0.3 is 54.7 Å². The van der Waals surface area contributed by atoms with Crippen LogP contribution in [0.3, 0.4) is 0 Å². The fourth-order valence-corrected chi connectivity index (χ4v) is 9.21. The summed E-state index contributed by atoms with van der Waals surface area (Å²) in [6.07, 6.45) is 4.93. The van der Waals surface area contributed by atoms with Gasteiger partial charge in [0.2, 0.25) is 0 Å². The summed E-state index contributed by atoms with van der Waals surface area (Å²) in [4.78, 5) is 45.5. The summed E-state index contributed by atoms with van der Waals surface area (Å²) < 4.78 is 23.7. The number of amides is 1. The van der Waals surface area contributed by atoms with Gasteiger partial charge in [0.1, 0.15) is 23.4 Å². The van der Waals surface area contributed by atoms with Crippen LogP contribution in [0.5, 0.6) is 23.0 Å². The van der Waals surface area contributed by atoms with Crippen LogP contribution in [0.2, 0.25) is 0 Å². The number of benzene rings is 2. The summed E-state index contributed by atoms with van der Waals surface area (Å²) in [5.41, 5.74) is -0.325. The lowest BCUT2D eigenvalue weighted by Gasteiger charge is -2.45. The van der Waals surface area contributed by atoms with Crippen LogP contribution >= 0.6 is 0 Å². The van der Waals surface area contributed by atoms with Gasteiger partial charge in [0.25, 0.3) is 11.7 Å². The van der Waals surface area contributed by atoms with E-state index in [1.54, 1.807) is 39.8 Å². The van der Waals surface area contributed by atoms with Crippen LogP contribution in [-0.4, -0.2) is 154 Å². The lowest BCUT2D eigenvalue weighted by atomic mass is 9.78. The van der Waals surface area contributed by atoms with Crippen LogP contribution < -0.4 is 10.1 Å². The maximum absolute atomic E-state index is 14.6. The number of methoxy groups -OCH3 is 1. The van der Waals surface area contributed by atoms with E-state index < -0.39 is 88.8 Å². The first-order valence-corrected chi connectivity index (χ1v) is 21.5. The lowest BCUT2D eigenvalue weighted by Crippen LogP contribution is -2.60. The third-order valence-corrected chi connectivity index (χ3v) is 13.3. The first kappa shape index (κ1) is 47.3. The number of hydrazone groups is 1. The Balaban J connectivity index is 1.50. The Bertz CT molecular complexity index is 2220. The molecule has 17 nitrogen and oxygen atoms in total. The first-order chi connectivity index (χ1) is 29.7. The van der Waals surface area contributed by atoms with Gasteiger partial charge in [0, 0.05) is 99.9 Å². The van der Waals surface area contributed by atoms with Crippen LogP contribution in [-0.2, 0) is 23.8 Å². The Morgan fingerprint density at radius 2 is 1.63 bits per heavy atom. The van der Waals surface area contributed by atoms with Crippen molar-refractivity contribution < 1.29 is 58.9 Å². The van der Waals surface area contributed by atoms with E-state index in [-0.39, 0.29) is 50.5 Å². The Kier molecular flexibility index (Phi) is 14.2. The summed E-state index contributed by atoms with van der Waals surface area (Å²) in [6.45, 7) is 17.2. The van der Waals surface area contributed by atoms with Crippen LogP contribution in [0.1, 0.15) is 70.0 Å². The molecule has 5 bridgehead atoms. The van der Waals surface area contributed by atoms with Gasteiger partial charge in [-0.05, 0) is 27.0 Å². The molecule has 1 unspecified atom stereocenters. The number of allylic oxidation sites excluding steroid dienone is 2. The largest absolute Gasteiger partial charge is 0.507 e. The van der Waals surface area contributed by atoms with Crippen LogP contribution in [0.25, 0.3) is 10.8 Å². The summed E-state index contributed by atoms with van der Waals surface area (Å²) in [6, 6.07) is 0.208. The summed E-state index contributed by atoms with van der Waals surface area (Å²) in [5.74, 6) is -8.33. The number of phenols is 3. The Morgan fingerprint density at radius 3 is 2.32 bits per heavy atom. The standard InChI is InChI=1S/C46H63N5O12/c1-23-12-11-13-24(2)45(59)48-36-31(20-47-51-18-17-50-16-15-49(9)21-30(50)22-51)40(56)33-34(41(36)57)39(55)28(6)43-35(33)44(58)46(8,63-43)61-19-14-32(60-10)25(3)42(62-29(7)52)27(5)38(54)26(4)37(23)53/h11-14,19-20,23,25-27,30,32,37-38,42,53-57H,15-18,21-22H2,1-10H3,(H,48,59)/b12-11+,19-14+,24-13-,47-20-/t23-,25-,26-,27-,30?,32+,37+,38+,42-,46+/m1/s1. The lowest BCUT2D eigenvalue weighted by molar-refractivity contribution is -0.160. The highest BCUT2D eigenvalue weighted by Gasteiger charge is 2.50. The fourth-order valence-electron chi connectivity index (χ4n) is 9.21. The molecule has 2 aromatic carbocycles. The van der Waals surface area contributed by atoms with E-state index in [2.05, 4.69) is 22.2 Å². The molecular formula is C46H63N5O12. The molecule has 17 heteroatoms. The van der Waals surface area contributed by atoms with E-state index in [1.807, 2.05) is 5.01 Å². The molecule has 2 saturated heterocycles. The van der Waals surface area contributed by atoms with E-state index >= 15 is 0 Å². The summed E-state index contributed by atoms with van der Waals surface area (Å²) >= 11 is 0. The number of carbonyl (C=O) groups is 3. The molecule has 0 radical (unpaired) electrons. The number of hydrogen-bond donors (Lipinski definition) is 6. The van der Waals surface area contributed by atoms with E-state index in [4.69, 9.17) is 24.0 Å². The highest BCUT2D eigenvalue weighted by molar-refractivity contribution is 6.23. The maximum atomic E-state index is 14.6. The summed E-state index contributed by atoms with van der Waals surface area (Å²) in [5, 5.41) is 67.7. The first-order valence-electron chi connectivity index (χ1n) is 21.5. The summed E-state index contributed by atoms with van der Waals surface area (Å²) in [7, 11) is 3.51.